The Morgan fingerprint density at radius 1 is 1.48 bits per heavy atom. The van der Waals surface area contributed by atoms with E-state index >= 15 is 0 Å². The Balaban J connectivity index is 2.06. The van der Waals surface area contributed by atoms with Crippen molar-refractivity contribution in [3.8, 4) is 5.75 Å². The maximum absolute atomic E-state index is 12.6. The largest absolute Gasteiger partial charge is 0.478 e. The molecule has 21 heavy (non-hydrogen) atoms. The van der Waals surface area contributed by atoms with Gasteiger partial charge in [0.05, 0.1) is 6.10 Å². The van der Waals surface area contributed by atoms with Crippen molar-refractivity contribution < 1.29 is 14.6 Å². The van der Waals surface area contributed by atoms with Crippen LogP contribution in [0.25, 0.3) is 0 Å². The summed E-state index contributed by atoms with van der Waals surface area (Å²) in [5.41, 5.74) is -0.995. The van der Waals surface area contributed by atoms with E-state index in [9.17, 15) is 9.90 Å². The van der Waals surface area contributed by atoms with Crippen LogP contribution in [0.4, 0.5) is 0 Å². The number of nitrogens with zero attached hydrogens (tertiary/aromatic N) is 1. The van der Waals surface area contributed by atoms with E-state index in [1.807, 2.05) is 6.92 Å². The number of carbonyl (C=O) groups excluding carboxylic acids is 1. The fourth-order valence-corrected chi connectivity index (χ4v) is 2.66. The summed E-state index contributed by atoms with van der Waals surface area (Å²) in [6, 6.07) is 6.99. The second-order valence-electron chi connectivity index (χ2n) is 6.15. The van der Waals surface area contributed by atoms with Crippen LogP contribution in [0.15, 0.2) is 24.3 Å². The molecule has 1 aromatic carbocycles. The first-order valence-electron chi connectivity index (χ1n) is 7.21. The summed E-state index contributed by atoms with van der Waals surface area (Å²) >= 11 is 5.93. The number of likely N-dealkylation sites (tertiary alicyclic amines) is 1. The first kappa shape index (κ1) is 16.1. The van der Waals surface area contributed by atoms with E-state index in [0.717, 1.165) is 6.42 Å². The van der Waals surface area contributed by atoms with Crippen LogP contribution >= 0.6 is 11.6 Å². The average Bonchev–Trinajstić information content (AvgIpc) is 2.40. The molecular weight excluding hydrogens is 290 g/mol. The Morgan fingerprint density at radius 2 is 2.19 bits per heavy atom. The van der Waals surface area contributed by atoms with E-state index in [4.69, 9.17) is 16.3 Å². The molecule has 5 heteroatoms. The molecule has 0 saturated carbocycles. The summed E-state index contributed by atoms with van der Waals surface area (Å²) in [5.74, 6) is 0.672. The van der Waals surface area contributed by atoms with Crippen LogP contribution in [-0.4, -0.2) is 40.7 Å². The molecule has 0 spiro atoms. The number of ether oxygens (including phenoxy) is 1. The standard InChI is InChI=1S/C16H22ClNO3/c1-11-7-8-18(10-14(11)19)15(20)16(2,3)21-13-6-4-5-12(17)9-13/h4-6,9,11,14,19H,7-8,10H2,1-3H3. The van der Waals surface area contributed by atoms with E-state index in [1.165, 1.54) is 0 Å². The van der Waals surface area contributed by atoms with Crippen molar-refractivity contribution >= 4 is 17.5 Å². The van der Waals surface area contributed by atoms with E-state index in [1.54, 1.807) is 43.0 Å². The van der Waals surface area contributed by atoms with Gasteiger partial charge in [-0.1, -0.05) is 24.6 Å². The minimum absolute atomic E-state index is 0.117. The number of β-amino-alcohol motifs (C(OH)–C–C–N with tert-alkyl or cyclic N) is 1. The zero-order chi connectivity index (χ0) is 15.6. The second-order valence-corrected chi connectivity index (χ2v) is 6.59. The molecule has 1 saturated heterocycles. The number of aliphatic hydroxyl groups is 1. The van der Waals surface area contributed by atoms with Crippen molar-refractivity contribution in [1.29, 1.82) is 0 Å². The van der Waals surface area contributed by atoms with E-state index in [0.29, 0.717) is 23.9 Å². The van der Waals surface area contributed by atoms with Gasteiger partial charge in [0.1, 0.15) is 5.75 Å². The number of aliphatic hydroxyl groups excluding tert-OH is 1. The number of piperidine rings is 1. The fraction of sp³-hybridized carbons (Fsp3) is 0.562. The highest BCUT2D eigenvalue weighted by molar-refractivity contribution is 6.30. The summed E-state index contributed by atoms with van der Waals surface area (Å²) in [6.07, 6.45) is 0.338. The number of hydrogen-bond acceptors (Lipinski definition) is 3. The number of hydrogen-bond donors (Lipinski definition) is 1. The third-order valence-corrected chi connectivity index (χ3v) is 4.13. The van der Waals surface area contributed by atoms with Gasteiger partial charge in [0.15, 0.2) is 5.60 Å². The first-order chi connectivity index (χ1) is 9.79. The van der Waals surface area contributed by atoms with Gasteiger partial charge in [0.25, 0.3) is 5.91 Å². The van der Waals surface area contributed by atoms with Gasteiger partial charge < -0.3 is 14.7 Å². The SMILES string of the molecule is CC1CCN(C(=O)C(C)(C)Oc2cccc(Cl)c2)CC1O. The van der Waals surface area contributed by atoms with Gasteiger partial charge in [-0.3, -0.25) is 4.79 Å². The summed E-state index contributed by atoms with van der Waals surface area (Å²) in [6.45, 7) is 6.49. The van der Waals surface area contributed by atoms with Crippen molar-refractivity contribution in [1.82, 2.24) is 4.90 Å². The predicted octanol–water partition coefficient (Wildman–Crippen LogP) is 2.73. The van der Waals surface area contributed by atoms with Crippen molar-refractivity contribution in [3.05, 3.63) is 29.3 Å². The van der Waals surface area contributed by atoms with Crippen LogP contribution in [0.3, 0.4) is 0 Å². The molecule has 0 bridgehead atoms. The first-order valence-corrected chi connectivity index (χ1v) is 7.59. The van der Waals surface area contributed by atoms with Crippen molar-refractivity contribution in [3.63, 3.8) is 0 Å². The van der Waals surface area contributed by atoms with Crippen LogP contribution in [0.2, 0.25) is 5.02 Å². The zero-order valence-electron chi connectivity index (χ0n) is 12.7. The quantitative estimate of drug-likeness (QED) is 0.934. The molecule has 1 fully saturated rings. The lowest BCUT2D eigenvalue weighted by atomic mass is 9.94. The summed E-state index contributed by atoms with van der Waals surface area (Å²) in [7, 11) is 0. The molecule has 4 nitrogen and oxygen atoms in total. The topological polar surface area (TPSA) is 49.8 Å². The molecule has 1 aromatic rings. The van der Waals surface area contributed by atoms with Crippen LogP contribution in [0.5, 0.6) is 5.75 Å². The van der Waals surface area contributed by atoms with Crippen LogP contribution in [-0.2, 0) is 4.79 Å². The number of benzene rings is 1. The molecule has 2 atom stereocenters. The maximum Gasteiger partial charge on any atom is 0.266 e. The highest BCUT2D eigenvalue weighted by Gasteiger charge is 2.37. The van der Waals surface area contributed by atoms with Crippen molar-refractivity contribution in [2.45, 2.75) is 38.9 Å². The Labute approximate surface area is 130 Å². The lowest BCUT2D eigenvalue weighted by Crippen LogP contribution is -2.54. The van der Waals surface area contributed by atoms with Gasteiger partial charge in [-0.15, -0.1) is 0 Å². The molecule has 1 heterocycles. The van der Waals surface area contributed by atoms with E-state index in [2.05, 4.69) is 0 Å². The normalized spacial score (nSPS) is 23.0. The molecule has 1 aliphatic rings. The van der Waals surface area contributed by atoms with Gasteiger partial charge in [0.2, 0.25) is 0 Å². The molecule has 1 N–H and O–H groups in total. The second kappa shape index (κ2) is 6.24. The molecular formula is C16H22ClNO3. The van der Waals surface area contributed by atoms with Gasteiger partial charge in [-0.25, -0.2) is 0 Å². The number of rotatable bonds is 3. The van der Waals surface area contributed by atoms with Crippen molar-refractivity contribution in [2.75, 3.05) is 13.1 Å². The van der Waals surface area contributed by atoms with E-state index in [-0.39, 0.29) is 11.8 Å². The molecule has 0 radical (unpaired) electrons. The highest BCUT2D eigenvalue weighted by atomic mass is 35.5. The predicted molar refractivity (Wildman–Crippen MR) is 82.5 cm³/mol. The Hall–Kier alpha value is -1.26. The molecule has 0 aromatic heterocycles. The van der Waals surface area contributed by atoms with Crippen molar-refractivity contribution in [2.24, 2.45) is 5.92 Å². The zero-order valence-corrected chi connectivity index (χ0v) is 13.4. The van der Waals surface area contributed by atoms with Gasteiger partial charge in [0, 0.05) is 18.1 Å². The Kier molecular flexibility index (Phi) is 4.79. The number of amides is 1. The van der Waals surface area contributed by atoms with Gasteiger partial charge in [-0.05, 0) is 44.4 Å². The number of carbonyl (C=O) groups is 1. The minimum atomic E-state index is -0.995. The average molecular weight is 312 g/mol. The lowest BCUT2D eigenvalue weighted by molar-refractivity contribution is -0.149. The fourth-order valence-electron chi connectivity index (χ4n) is 2.48. The van der Waals surface area contributed by atoms with Gasteiger partial charge in [-0.2, -0.15) is 0 Å². The Bertz CT molecular complexity index is 518. The molecule has 1 amide bonds. The van der Waals surface area contributed by atoms with Gasteiger partial charge >= 0.3 is 0 Å². The van der Waals surface area contributed by atoms with Crippen LogP contribution < -0.4 is 4.74 Å². The number of halogens is 1. The van der Waals surface area contributed by atoms with Crippen LogP contribution in [0.1, 0.15) is 27.2 Å². The molecule has 1 aliphatic heterocycles. The molecule has 2 unspecified atom stereocenters. The summed E-state index contributed by atoms with van der Waals surface area (Å²) in [4.78, 5) is 14.3. The van der Waals surface area contributed by atoms with E-state index < -0.39 is 11.7 Å². The molecule has 0 aliphatic carbocycles. The summed E-state index contributed by atoms with van der Waals surface area (Å²) in [5, 5.41) is 10.5. The summed E-state index contributed by atoms with van der Waals surface area (Å²) < 4.78 is 5.80. The third kappa shape index (κ3) is 3.89. The maximum atomic E-state index is 12.6. The lowest BCUT2D eigenvalue weighted by Gasteiger charge is -2.38. The third-order valence-electron chi connectivity index (χ3n) is 3.89. The highest BCUT2D eigenvalue weighted by Crippen LogP contribution is 2.25. The Morgan fingerprint density at radius 3 is 2.81 bits per heavy atom. The monoisotopic (exact) mass is 311 g/mol. The molecule has 2 rings (SSSR count). The molecule has 116 valence electrons. The van der Waals surface area contributed by atoms with Crippen LogP contribution in [0, 0.1) is 5.92 Å². The minimum Gasteiger partial charge on any atom is -0.478 e. The smallest absolute Gasteiger partial charge is 0.266 e.